The molecule has 2 aliphatic rings. The molecule has 0 aliphatic carbocycles. The Labute approximate surface area is 112 Å². The number of nitrogens with one attached hydrogen (secondary N) is 1. The van der Waals surface area contributed by atoms with Crippen LogP contribution in [0, 0.1) is 11.8 Å². The number of fused-ring (bicyclic) bond motifs is 1. The van der Waals surface area contributed by atoms with Gasteiger partial charge in [-0.25, -0.2) is 4.79 Å². The summed E-state index contributed by atoms with van der Waals surface area (Å²) in [6, 6.07) is 0. The molecule has 0 aromatic rings. The minimum Gasteiger partial charge on any atom is -0.444 e. The van der Waals surface area contributed by atoms with Crippen molar-refractivity contribution in [3.05, 3.63) is 0 Å². The second kappa shape index (κ2) is 4.83. The van der Waals surface area contributed by atoms with Gasteiger partial charge in [0.25, 0.3) is 0 Å². The van der Waals surface area contributed by atoms with E-state index in [1.54, 1.807) is 4.90 Å². The quantitative estimate of drug-likeness (QED) is 0.662. The number of rotatable bonds is 0. The predicted octanol–water partition coefficient (Wildman–Crippen LogP) is 0.906. The number of nitrogens with zero attached hydrogens (tertiary/aromatic N) is 1. The van der Waals surface area contributed by atoms with Gasteiger partial charge >= 0.3 is 6.09 Å². The summed E-state index contributed by atoms with van der Waals surface area (Å²) in [6.07, 6.45) is 0.517. The van der Waals surface area contributed by atoms with Crippen LogP contribution in [0.1, 0.15) is 33.6 Å². The van der Waals surface area contributed by atoms with Crippen molar-refractivity contribution in [3.63, 3.8) is 0 Å². The number of carbonyl (C=O) groups excluding carboxylic acids is 3. The van der Waals surface area contributed by atoms with Crippen LogP contribution < -0.4 is 5.32 Å². The fraction of sp³-hybridized carbons (Fsp3) is 0.769. The minimum atomic E-state index is -0.534. The predicted molar refractivity (Wildman–Crippen MR) is 67.2 cm³/mol. The molecule has 2 fully saturated rings. The summed E-state index contributed by atoms with van der Waals surface area (Å²) in [5, 5.41) is 2.35. The third kappa shape index (κ3) is 3.24. The molecular formula is C13H20N2O4. The highest BCUT2D eigenvalue weighted by Crippen LogP contribution is 2.30. The molecule has 0 bridgehead atoms. The number of hydrogen-bond acceptors (Lipinski definition) is 4. The van der Waals surface area contributed by atoms with Crippen molar-refractivity contribution in [1.82, 2.24) is 10.2 Å². The molecule has 106 valence electrons. The lowest BCUT2D eigenvalue weighted by Gasteiger charge is -2.40. The molecule has 2 atom stereocenters. The Hall–Kier alpha value is -1.59. The van der Waals surface area contributed by atoms with Gasteiger partial charge in [-0.05, 0) is 33.1 Å². The third-order valence-corrected chi connectivity index (χ3v) is 3.43. The van der Waals surface area contributed by atoms with Crippen LogP contribution in [-0.4, -0.2) is 41.5 Å². The van der Waals surface area contributed by atoms with Gasteiger partial charge in [-0.3, -0.25) is 14.9 Å². The number of hydrogen-bond donors (Lipinski definition) is 1. The number of likely N-dealkylation sites (tertiary alicyclic amines) is 1. The van der Waals surface area contributed by atoms with Crippen LogP contribution in [0.5, 0.6) is 0 Å². The maximum absolute atomic E-state index is 12.0. The van der Waals surface area contributed by atoms with Crippen LogP contribution in [0.2, 0.25) is 0 Å². The van der Waals surface area contributed by atoms with Gasteiger partial charge in [0, 0.05) is 25.4 Å². The molecule has 2 rings (SSSR count). The van der Waals surface area contributed by atoms with Crippen molar-refractivity contribution in [1.29, 1.82) is 0 Å². The summed E-state index contributed by atoms with van der Waals surface area (Å²) >= 11 is 0. The molecule has 3 amide bonds. The van der Waals surface area contributed by atoms with Crippen molar-refractivity contribution in [2.45, 2.75) is 39.2 Å². The second-order valence-electron chi connectivity index (χ2n) is 6.20. The number of carbonyl (C=O) groups is 3. The molecule has 0 aromatic carbocycles. The Bertz CT molecular complexity index is 413. The highest BCUT2D eigenvalue weighted by molar-refractivity contribution is 5.99. The van der Waals surface area contributed by atoms with Crippen LogP contribution >= 0.6 is 0 Å². The summed E-state index contributed by atoms with van der Waals surface area (Å²) in [7, 11) is 0. The van der Waals surface area contributed by atoms with E-state index < -0.39 is 5.60 Å². The summed E-state index contributed by atoms with van der Waals surface area (Å²) in [4.78, 5) is 36.6. The molecule has 2 saturated heterocycles. The highest BCUT2D eigenvalue weighted by Gasteiger charge is 2.41. The van der Waals surface area contributed by atoms with E-state index in [4.69, 9.17) is 4.74 Å². The van der Waals surface area contributed by atoms with E-state index in [0.29, 0.717) is 25.9 Å². The van der Waals surface area contributed by atoms with Gasteiger partial charge in [0.2, 0.25) is 11.8 Å². The molecular weight excluding hydrogens is 248 g/mol. The van der Waals surface area contributed by atoms with E-state index in [2.05, 4.69) is 5.32 Å². The maximum atomic E-state index is 12.0. The average Bonchev–Trinajstić information content (AvgIpc) is 2.25. The number of amides is 3. The first-order valence-corrected chi connectivity index (χ1v) is 6.58. The molecule has 19 heavy (non-hydrogen) atoms. The van der Waals surface area contributed by atoms with Crippen molar-refractivity contribution in [3.8, 4) is 0 Å². The van der Waals surface area contributed by atoms with Crippen molar-refractivity contribution < 1.29 is 19.1 Å². The SMILES string of the molecule is CC(C)(C)OC(=O)N1CCC2C(=O)NC(=O)CC2C1. The maximum Gasteiger partial charge on any atom is 0.410 e. The topological polar surface area (TPSA) is 75.7 Å². The first-order chi connectivity index (χ1) is 8.76. The number of imide groups is 1. The largest absolute Gasteiger partial charge is 0.444 e. The van der Waals surface area contributed by atoms with Crippen LogP contribution in [0.3, 0.4) is 0 Å². The molecule has 0 aromatic heterocycles. The Morgan fingerprint density at radius 1 is 1.37 bits per heavy atom. The van der Waals surface area contributed by atoms with Crippen LogP contribution in [0.25, 0.3) is 0 Å². The van der Waals surface area contributed by atoms with E-state index in [1.165, 1.54) is 0 Å². The molecule has 6 heteroatoms. The van der Waals surface area contributed by atoms with Gasteiger partial charge in [-0.1, -0.05) is 0 Å². The molecule has 2 aliphatic heterocycles. The van der Waals surface area contributed by atoms with Crippen LogP contribution in [0.4, 0.5) is 4.79 Å². The Morgan fingerprint density at radius 2 is 2.05 bits per heavy atom. The van der Waals surface area contributed by atoms with Gasteiger partial charge in [-0.2, -0.15) is 0 Å². The molecule has 0 radical (unpaired) electrons. The van der Waals surface area contributed by atoms with Gasteiger partial charge in [0.05, 0.1) is 0 Å². The van der Waals surface area contributed by atoms with E-state index >= 15 is 0 Å². The zero-order chi connectivity index (χ0) is 14.2. The summed E-state index contributed by atoms with van der Waals surface area (Å²) in [6.45, 7) is 6.36. The average molecular weight is 268 g/mol. The lowest BCUT2D eigenvalue weighted by Crippen LogP contribution is -2.54. The number of piperidine rings is 2. The molecule has 0 saturated carbocycles. The first kappa shape index (κ1) is 13.8. The van der Waals surface area contributed by atoms with E-state index in [1.807, 2.05) is 20.8 Å². The monoisotopic (exact) mass is 268 g/mol. The summed E-state index contributed by atoms with van der Waals surface area (Å²) in [5.74, 6) is -0.693. The fourth-order valence-electron chi connectivity index (χ4n) is 2.60. The molecule has 0 spiro atoms. The van der Waals surface area contributed by atoms with Gasteiger partial charge < -0.3 is 9.64 Å². The van der Waals surface area contributed by atoms with Gasteiger partial charge in [0.15, 0.2) is 0 Å². The number of ether oxygens (including phenoxy) is 1. The van der Waals surface area contributed by atoms with Crippen molar-refractivity contribution in [2.24, 2.45) is 11.8 Å². The molecule has 2 heterocycles. The zero-order valence-electron chi connectivity index (χ0n) is 11.6. The Balaban J connectivity index is 1.99. The lowest BCUT2D eigenvalue weighted by atomic mass is 9.80. The minimum absolute atomic E-state index is 0.0810. The van der Waals surface area contributed by atoms with Crippen LogP contribution in [-0.2, 0) is 14.3 Å². The summed E-state index contributed by atoms with van der Waals surface area (Å²) < 4.78 is 5.31. The third-order valence-electron chi connectivity index (χ3n) is 3.43. The van der Waals surface area contributed by atoms with Crippen molar-refractivity contribution >= 4 is 17.9 Å². The normalized spacial score (nSPS) is 27.6. The van der Waals surface area contributed by atoms with Crippen LogP contribution in [0.15, 0.2) is 0 Å². The first-order valence-electron chi connectivity index (χ1n) is 6.58. The fourth-order valence-corrected chi connectivity index (χ4v) is 2.60. The smallest absolute Gasteiger partial charge is 0.410 e. The van der Waals surface area contributed by atoms with Crippen molar-refractivity contribution in [2.75, 3.05) is 13.1 Å². The summed E-state index contributed by atoms with van der Waals surface area (Å²) in [5.41, 5.74) is -0.534. The lowest BCUT2D eigenvalue weighted by molar-refractivity contribution is -0.141. The highest BCUT2D eigenvalue weighted by atomic mass is 16.6. The Morgan fingerprint density at radius 3 is 2.68 bits per heavy atom. The molecule has 2 unspecified atom stereocenters. The second-order valence-corrected chi connectivity index (χ2v) is 6.20. The van der Waals surface area contributed by atoms with Gasteiger partial charge in [-0.15, -0.1) is 0 Å². The van der Waals surface area contributed by atoms with Gasteiger partial charge in [0.1, 0.15) is 5.60 Å². The Kier molecular flexibility index (Phi) is 3.52. The molecule has 1 N–H and O–H groups in total. The van der Waals surface area contributed by atoms with E-state index in [-0.39, 0.29) is 29.7 Å². The molecule has 6 nitrogen and oxygen atoms in total. The standard InChI is InChI=1S/C13H20N2O4/c1-13(2,3)19-12(18)15-5-4-9-8(7-15)6-10(16)14-11(9)17/h8-9H,4-7H2,1-3H3,(H,14,16,17). The zero-order valence-corrected chi connectivity index (χ0v) is 11.6. The van der Waals surface area contributed by atoms with E-state index in [9.17, 15) is 14.4 Å². The van der Waals surface area contributed by atoms with E-state index in [0.717, 1.165) is 0 Å².